The van der Waals surface area contributed by atoms with Crippen molar-refractivity contribution in [1.82, 2.24) is 15.0 Å². The number of aliphatic hydroxyl groups is 1. The van der Waals surface area contributed by atoms with E-state index in [-0.39, 0.29) is 0 Å². The highest BCUT2D eigenvalue weighted by Gasteiger charge is 2.19. The number of hydrogen-bond donors (Lipinski definition) is 1. The number of hydrogen-bond acceptors (Lipinski definition) is 4. The van der Waals surface area contributed by atoms with Crippen molar-refractivity contribution in [1.29, 1.82) is 0 Å². The van der Waals surface area contributed by atoms with Crippen molar-refractivity contribution in [2.45, 2.75) is 6.10 Å². The zero-order valence-electron chi connectivity index (χ0n) is 14.6. The lowest BCUT2D eigenvalue weighted by Crippen LogP contribution is -2.06. The second-order valence-corrected chi connectivity index (χ2v) is 7.05. The number of nitrogens with zero attached hydrogens (tertiary/aromatic N) is 3. The molecule has 0 saturated carbocycles. The molecule has 0 aliphatic carbocycles. The fourth-order valence-corrected chi connectivity index (χ4v) is 3.13. The lowest BCUT2D eigenvalue weighted by Gasteiger charge is -2.16. The van der Waals surface area contributed by atoms with Gasteiger partial charge < -0.3 is 5.11 Å². The fourth-order valence-electron chi connectivity index (χ4n) is 2.87. The molecule has 4 nitrogen and oxygen atoms in total. The van der Waals surface area contributed by atoms with Crippen molar-refractivity contribution in [3.63, 3.8) is 0 Å². The van der Waals surface area contributed by atoms with Crippen LogP contribution in [0.1, 0.15) is 17.2 Å². The lowest BCUT2D eigenvalue weighted by molar-refractivity contribution is 0.220. The first-order valence-electron chi connectivity index (χ1n) is 8.59. The Bertz CT molecular complexity index is 1090. The Balaban J connectivity index is 1.85. The molecule has 2 heterocycles. The Labute approximate surface area is 172 Å². The lowest BCUT2D eigenvalue weighted by atomic mass is 9.98. The van der Waals surface area contributed by atoms with Crippen LogP contribution in [0.15, 0.2) is 79.1 Å². The van der Waals surface area contributed by atoms with Gasteiger partial charge in [0.2, 0.25) is 0 Å². The zero-order chi connectivity index (χ0) is 19.5. The maximum atomic E-state index is 11.0. The Kier molecular flexibility index (Phi) is 5.35. The molecule has 0 unspecified atom stereocenters. The molecule has 0 radical (unpaired) electrons. The highest BCUT2D eigenvalue weighted by molar-refractivity contribution is 6.30. The third-order valence-electron chi connectivity index (χ3n) is 4.31. The molecule has 138 valence electrons. The van der Waals surface area contributed by atoms with Gasteiger partial charge in [-0.05, 0) is 42.0 Å². The van der Waals surface area contributed by atoms with Crippen LogP contribution in [0.4, 0.5) is 0 Å². The van der Waals surface area contributed by atoms with Crippen LogP contribution in [0.5, 0.6) is 0 Å². The van der Waals surface area contributed by atoms with Gasteiger partial charge in [-0.3, -0.25) is 4.98 Å². The van der Waals surface area contributed by atoms with Crippen LogP contribution in [0.25, 0.3) is 22.8 Å². The molecule has 1 atom stereocenters. The van der Waals surface area contributed by atoms with Crippen molar-refractivity contribution in [2.75, 3.05) is 0 Å². The van der Waals surface area contributed by atoms with Crippen LogP contribution in [0.3, 0.4) is 0 Å². The molecule has 4 aromatic rings. The summed E-state index contributed by atoms with van der Waals surface area (Å²) in [4.78, 5) is 13.5. The summed E-state index contributed by atoms with van der Waals surface area (Å²) in [6, 6.07) is 19.9. The Hall–Kier alpha value is -2.79. The standard InChI is InChI=1S/C22H15Cl2N3O/c23-16-8-4-14(5-9-16)20-18(21(28)15-6-10-17(24)11-7-15)13-26-22(27-20)19-3-1-2-12-25-19/h1-13,21,28H/t21-/m1/s1. The summed E-state index contributed by atoms with van der Waals surface area (Å²) >= 11 is 12.0. The molecule has 4 rings (SSSR count). The van der Waals surface area contributed by atoms with E-state index in [0.29, 0.717) is 38.4 Å². The van der Waals surface area contributed by atoms with Gasteiger partial charge in [-0.25, -0.2) is 9.97 Å². The SMILES string of the molecule is O[C@H](c1ccc(Cl)cc1)c1cnc(-c2ccccn2)nc1-c1ccc(Cl)cc1. The van der Waals surface area contributed by atoms with E-state index in [9.17, 15) is 5.11 Å². The summed E-state index contributed by atoms with van der Waals surface area (Å²) in [6.07, 6.45) is 2.43. The number of aliphatic hydroxyl groups excluding tert-OH is 1. The first kappa shape index (κ1) is 18.6. The molecule has 0 aliphatic heterocycles. The van der Waals surface area contributed by atoms with Crippen molar-refractivity contribution in [2.24, 2.45) is 0 Å². The van der Waals surface area contributed by atoms with E-state index in [1.165, 1.54) is 0 Å². The molecular formula is C22H15Cl2N3O. The smallest absolute Gasteiger partial charge is 0.178 e. The van der Waals surface area contributed by atoms with E-state index in [4.69, 9.17) is 28.2 Å². The Morgan fingerprint density at radius 1 is 0.786 bits per heavy atom. The highest BCUT2D eigenvalue weighted by Crippen LogP contribution is 2.32. The van der Waals surface area contributed by atoms with E-state index in [0.717, 1.165) is 5.56 Å². The molecule has 0 bridgehead atoms. The average Bonchev–Trinajstić information content (AvgIpc) is 2.74. The van der Waals surface area contributed by atoms with Crippen molar-refractivity contribution < 1.29 is 5.11 Å². The summed E-state index contributed by atoms with van der Waals surface area (Å²) in [5.41, 5.74) is 3.39. The molecule has 28 heavy (non-hydrogen) atoms. The molecule has 1 N–H and O–H groups in total. The second kappa shape index (κ2) is 8.07. The molecular weight excluding hydrogens is 393 g/mol. The van der Waals surface area contributed by atoms with Crippen molar-refractivity contribution >= 4 is 23.2 Å². The Morgan fingerprint density at radius 3 is 2.11 bits per heavy atom. The number of aromatic nitrogens is 3. The van der Waals surface area contributed by atoms with Gasteiger partial charge in [0, 0.05) is 33.6 Å². The van der Waals surface area contributed by atoms with Crippen molar-refractivity contribution in [3.8, 4) is 22.8 Å². The summed E-state index contributed by atoms with van der Waals surface area (Å²) in [5.74, 6) is 0.484. The maximum Gasteiger partial charge on any atom is 0.178 e. The molecule has 0 fully saturated rings. The molecule has 2 aromatic heterocycles. The molecule has 0 saturated heterocycles. The molecule has 6 heteroatoms. The summed E-state index contributed by atoms with van der Waals surface area (Å²) < 4.78 is 0. The molecule has 0 amide bonds. The molecule has 2 aromatic carbocycles. The predicted octanol–water partition coefficient (Wildman–Crippen LogP) is 5.59. The minimum absolute atomic E-state index is 0.484. The van der Waals surface area contributed by atoms with E-state index < -0.39 is 6.10 Å². The highest BCUT2D eigenvalue weighted by atomic mass is 35.5. The summed E-state index contributed by atoms with van der Waals surface area (Å²) in [6.45, 7) is 0. The van der Waals surface area contributed by atoms with Crippen LogP contribution in [-0.2, 0) is 0 Å². The topological polar surface area (TPSA) is 58.9 Å². The fraction of sp³-hybridized carbons (Fsp3) is 0.0455. The van der Waals surface area contributed by atoms with Gasteiger partial charge in [0.25, 0.3) is 0 Å². The zero-order valence-corrected chi connectivity index (χ0v) is 16.1. The largest absolute Gasteiger partial charge is 0.384 e. The van der Waals surface area contributed by atoms with E-state index >= 15 is 0 Å². The van der Waals surface area contributed by atoms with Gasteiger partial charge in [0.15, 0.2) is 5.82 Å². The van der Waals surface area contributed by atoms with Gasteiger partial charge in [0.1, 0.15) is 11.8 Å². The van der Waals surface area contributed by atoms with Crippen LogP contribution < -0.4 is 0 Å². The molecule has 0 aliphatic rings. The quantitative estimate of drug-likeness (QED) is 0.478. The second-order valence-electron chi connectivity index (χ2n) is 6.17. The summed E-state index contributed by atoms with van der Waals surface area (Å²) in [5, 5.41) is 12.2. The first-order chi connectivity index (χ1) is 13.6. The minimum atomic E-state index is -0.902. The molecule has 0 spiro atoms. The first-order valence-corrected chi connectivity index (χ1v) is 9.35. The van der Waals surface area contributed by atoms with Gasteiger partial charge in [-0.1, -0.05) is 53.5 Å². The minimum Gasteiger partial charge on any atom is -0.384 e. The van der Waals surface area contributed by atoms with Crippen molar-refractivity contribution in [3.05, 3.63) is 100 Å². The van der Waals surface area contributed by atoms with Gasteiger partial charge >= 0.3 is 0 Å². The van der Waals surface area contributed by atoms with Crippen LogP contribution in [0.2, 0.25) is 10.0 Å². The maximum absolute atomic E-state index is 11.0. The third-order valence-corrected chi connectivity index (χ3v) is 4.81. The third kappa shape index (κ3) is 3.90. The normalized spacial score (nSPS) is 12.0. The monoisotopic (exact) mass is 407 g/mol. The number of halogens is 2. The average molecular weight is 408 g/mol. The Morgan fingerprint density at radius 2 is 1.46 bits per heavy atom. The number of rotatable bonds is 4. The predicted molar refractivity (Wildman–Crippen MR) is 111 cm³/mol. The van der Waals surface area contributed by atoms with Gasteiger partial charge in [0.05, 0.1) is 5.69 Å². The van der Waals surface area contributed by atoms with E-state index in [2.05, 4.69) is 9.97 Å². The van der Waals surface area contributed by atoms with Gasteiger partial charge in [-0.2, -0.15) is 0 Å². The van der Waals surface area contributed by atoms with Gasteiger partial charge in [-0.15, -0.1) is 0 Å². The number of benzene rings is 2. The number of pyridine rings is 1. The van der Waals surface area contributed by atoms with Crippen LogP contribution >= 0.6 is 23.2 Å². The van der Waals surface area contributed by atoms with E-state index in [1.54, 1.807) is 48.8 Å². The van der Waals surface area contributed by atoms with Crippen LogP contribution in [-0.4, -0.2) is 20.1 Å². The van der Waals surface area contributed by atoms with E-state index in [1.807, 2.05) is 30.3 Å². The van der Waals surface area contributed by atoms with Crippen LogP contribution in [0, 0.1) is 0 Å². The summed E-state index contributed by atoms with van der Waals surface area (Å²) in [7, 11) is 0.